The minimum atomic E-state index is -0.530. The van der Waals surface area contributed by atoms with Crippen LogP contribution in [0.3, 0.4) is 0 Å². The largest absolute Gasteiger partial charge is 0.317 e. The van der Waals surface area contributed by atoms with Crippen molar-refractivity contribution >= 4 is 52.5 Å². The summed E-state index contributed by atoms with van der Waals surface area (Å²) in [6.07, 6.45) is 3.49. The van der Waals surface area contributed by atoms with E-state index in [4.69, 9.17) is 23.8 Å². The lowest BCUT2D eigenvalue weighted by atomic mass is 10.1. The number of amides is 2. The number of benzene rings is 2. The van der Waals surface area contributed by atoms with E-state index in [0.29, 0.717) is 16.4 Å². The Morgan fingerprint density at radius 1 is 1.00 bits per heavy atom. The Morgan fingerprint density at radius 2 is 1.77 bits per heavy atom. The minimum Gasteiger partial charge on any atom is -0.317 e. The third-order valence-electron chi connectivity index (χ3n) is 5.20. The minimum absolute atomic E-state index is 0.00462. The van der Waals surface area contributed by atoms with E-state index in [2.05, 4.69) is 11.4 Å². The first kappa shape index (κ1) is 21.0. The number of anilines is 1. The third-order valence-corrected chi connectivity index (χ3v) is 5.89. The molecule has 0 atom stereocenters. The predicted octanol–water partition coefficient (Wildman–Crippen LogP) is 4.89. The van der Waals surface area contributed by atoms with Crippen LogP contribution >= 0.6 is 23.8 Å². The first-order valence-corrected chi connectivity index (χ1v) is 10.5. The maximum atomic E-state index is 13.3. The maximum absolute atomic E-state index is 13.3. The molecular weight excluding hydrogens is 430 g/mol. The number of aromatic nitrogens is 1. The van der Waals surface area contributed by atoms with E-state index in [9.17, 15) is 9.59 Å². The second-order valence-corrected chi connectivity index (χ2v) is 8.28. The number of rotatable bonds is 3. The summed E-state index contributed by atoms with van der Waals surface area (Å²) in [5, 5.41) is 3.15. The Balaban J connectivity index is 1.77. The van der Waals surface area contributed by atoms with Gasteiger partial charge < -0.3 is 4.57 Å². The molecule has 1 aliphatic heterocycles. The fourth-order valence-corrected chi connectivity index (χ4v) is 4.02. The third kappa shape index (κ3) is 3.92. The lowest BCUT2D eigenvalue weighted by molar-refractivity contribution is -0.122. The average Bonchev–Trinajstić information content (AvgIpc) is 3.15. The zero-order valence-corrected chi connectivity index (χ0v) is 18.8. The number of halogens is 1. The zero-order chi connectivity index (χ0) is 22.3. The van der Waals surface area contributed by atoms with Gasteiger partial charge in [0.25, 0.3) is 11.8 Å². The van der Waals surface area contributed by atoms with Gasteiger partial charge in [-0.05, 0) is 80.5 Å². The molecule has 1 N–H and O–H groups in total. The van der Waals surface area contributed by atoms with Gasteiger partial charge in [-0.25, -0.2) is 0 Å². The van der Waals surface area contributed by atoms with E-state index in [1.165, 1.54) is 4.90 Å². The van der Waals surface area contributed by atoms with Crippen LogP contribution in [0.25, 0.3) is 11.8 Å². The van der Waals surface area contributed by atoms with Crippen LogP contribution in [0.15, 0.2) is 60.3 Å². The van der Waals surface area contributed by atoms with Crippen LogP contribution in [0, 0.1) is 20.8 Å². The van der Waals surface area contributed by atoms with Crippen molar-refractivity contribution in [3.05, 3.63) is 87.7 Å². The summed E-state index contributed by atoms with van der Waals surface area (Å²) in [7, 11) is 0. The quantitative estimate of drug-likeness (QED) is 0.352. The summed E-state index contributed by atoms with van der Waals surface area (Å²) in [6, 6.07) is 15.1. The van der Waals surface area contributed by atoms with Crippen LogP contribution in [0.5, 0.6) is 0 Å². The summed E-state index contributed by atoms with van der Waals surface area (Å²) in [4.78, 5) is 27.2. The van der Waals surface area contributed by atoms with Crippen molar-refractivity contribution in [1.82, 2.24) is 9.88 Å². The molecule has 2 amide bonds. The van der Waals surface area contributed by atoms with Gasteiger partial charge in [0.2, 0.25) is 0 Å². The van der Waals surface area contributed by atoms with E-state index in [1.807, 2.05) is 55.8 Å². The van der Waals surface area contributed by atoms with E-state index in [-0.39, 0.29) is 10.7 Å². The fraction of sp³-hybridized carbons (Fsp3) is 0.125. The highest BCUT2D eigenvalue weighted by Crippen LogP contribution is 2.27. The van der Waals surface area contributed by atoms with Crippen molar-refractivity contribution in [3.8, 4) is 5.69 Å². The van der Waals surface area contributed by atoms with Gasteiger partial charge in [-0.3, -0.25) is 19.8 Å². The smallest absolute Gasteiger partial charge is 0.270 e. The normalized spacial score (nSPS) is 15.5. The maximum Gasteiger partial charge on any atom is 0.270 e. The van der Waals surface area contributed by atoms with Crippen LogP contribution in [0.1, 0.15) is 22.4 Å². The lowest BCUT2D eigenvalue weighted by Crippen LogP contribution is -2.54. The second-order valence-electron chi connectivity index (χ2n) is 7.48. The molecule has 0 radical (unpaired) electrons. The summed E-state index contributed by atoms with van der Waals surface area (Å²) >= 11 is 11.5. The van der Waals surface area contributed by atoms with Gasteiger partial charge in [0.05, 0.1) is 5.69 Å². The Bertz CT molecular complexity index is 1280. The predicted molar refractivity (Wildman–Crippen MR) is 128 cm³/mol. The molecule has 0 unspecified atom stereocenters. The van der Waals surface area contributed by atoms with Crippen molar-refractivity contribution < 1.29 is 9.59 Å². The highest BCUT2D eigenvalue weighted by Gasteiger charge is 2.34. The van der Waals surface area contributed by atoms with Crippen LogP contribution in [-0.4, -0.2) is 21.5 Å². The number of hydrogen-bond donors (Lipinski definition) is 1. The van der Waals surface area contributed by atoms with Crippen LogP contribution in [-0.2, 0) is 9.59 Å². The Hall–Kier alpha value is -3.22. The first-order valence-electron chi connectivity index (χ1n) is 9.69. The molecule has 0 aliphatic carbocycles. The van der Waals surface area contributed by atoms with Gasteiger partial charge in [0.15, 0.2) is 5.11 Å². The van der Waals surface area contributed by atoms with Crippen molar-refractivity contribution in [2.45, 2.75) is 20.8 Å². The molecule has 5 nitrogen and oxygen atoms in total. The fourth-order valence-electron chi connectivity index (χ4n) is 3.57. The van der Waals surface area contributed by atoms with Gasteiger partial charge in [-0.2, -0.15) is 0 Å². The van der Waals surface area contributed by atoms with Gasteiger partial charge in [0.1, 0.15) is 5.57 Å². The van der Waals surface area contributed by atoms with Crippen LogP contribution in [0.4, 0.5) is 5.69 Å². The average molecular weight is 450 g/mol. The molecule has 0 saturated carbocycles. The number of hydrogen-bond acceptors (Lipinski definition) is 3. The summed E-state index contributed by atoms with van der Waals surface area (Å²) in [5.74, 6) is -1.03. The number of nitrogens with zero attached hydrogens (tertiary/aromatic N) is 2. The van der Waals surface area contributed by atoms with Crippen molar-refractivity contribution in [2.75, 3.05) is 4.90 Å². The molecule has 7 heteroatoms. The molecule has 2 heterocycles. The molecule has 0 spiro atoms. The Morgan fingerprint density at radius 3 is 2.48 bits per heavy atom. The number of nitrogens with one attached hydrogen (secondary N) is 1. The second kappa shape index (κ2) is 8.13. The highest BCUT2D eigenvalue weighted by atomic mass is 35.5. The molecule has 1 aliphatic rings. The summed E-state index contributed by atoms with van der Waals surface area (Å²) in [5.41, 5.74) is 5.32. The molecule has 31 heavy (non-hydrogen) atoms. The van der Waals surface area contributed by atoms with Gasteiger partial charge in [0, 0.05) is 22.6 Å². The van der Waals surface area contributed by atoms with Gasteiger partial charge >= 0.3 is 0 Å². The Labute approximate surface area is 190 Å². The standard InChI is InChI=1S/C24H20ClN3O2S/c1-14-6-9-21(16(3)11-14)27-10-4-5-17(27)12-19-22(29)26-24(31)28(23(19)30)18-8-7-15(2)20(25)13-18/h4-13H,1-3H3,(H,26,29,31)/b19-12+. The van der Waals surface area contributed by atoms with Crippen LogP contribution in [0.2, 0.25) is 5.02 Å². The first-order chi connectivity index (χ1) is 14.8. The molecule has 2 aromatic carbocycles. The molecule has 4 rings (SSSR count). The highest BCUT2D eigenvalue weighted by molar-refractivity contribution is 7.80. The van der Waals surface area contributed by atoms with Gasteiger partial charge in [-0.1, -0.05) is 35.4 Å². The number of carbonyl (C=O) groups excluding carboxylic acids is 2. The lowest BCUT2D eigenvalue weighted by Gasteiger charge is -2.29. The van der Waals surface area contributed by atoms with E-state index >= 15 is 0 Å². The van der Waals surface area contributed by atoms with E-state index < -0.39 is 11.8 Å². The molecule has 1 saturated heterocycles. The molecule has 156 valence electrons. The van der Waals surface area contributed by atoms with Crippen LogP contribution < -0.4 is 10.2 Å². The SMILES string of the molecule is Cc1ccc(-n2cccc2/C=C2\C(=O)NC(=S)N(c3ccc(C)c(Cl)c3)C2=O)c(C)c1. The molecular formula is C24H20ClN3O2S. The summed E-state index contributed by atoms with van der Waals surface area (Å²) < 4.78 is 1.95. The van der Waals surface area contributed by atoms with E-state index in [1.54, 1.807) is 24.3 Å². The monoisotopic (exact) mass is 449 g/mol. The number of carbonyl (C=O) groups is 2. The Kier molecular flexibility index (Phi) is 5.52. The number of aryl methyl sites for hydroxylation is 3. The zero-order valence-electron chi connectivity index (χ0n) is 17.3. The van der Waals surface area contributed by atoms with Gasteiger partial charge in [-0.15, -0.1) is 0 Å². The molecule has 0 bridgehead atoms. The van der Waals surface area contributed by atoms with E-state index in [0.717, 1.165) is 22.4 Å². The number of thiocarbonyl (C=S) groups is 1. The molecule has 3 aromatic rings. The van der Waals surface area contributed by atoms with Crippen molar-refractivity contribution in [2.24, 2.45) is 0 Å². The molecule has 1 fully saturated rings. The van der Waals surface area contributed by atoms with Crippen molar-refractivity contribution in [3.63, 3.8) is 0 Å². The topological polar surface area (TPSA) is 54.3 Å². The molecule has 1 aromatic heterocycles. The van der Waals surface area contributed by atoms with Crippen molar-refractivity contribution in [1.29, 1.82) is 0 Å². The summed E-state index contributed by atoms with van der Waals surface area (Å²) in [6.45, 7) is 5.94.